The third kappa shape index (κ3) is 4.47. The van der Waals surface area contributed by atoms with Crippen LogP contribution in [-0.2, 0) is 19.6 Å². The van der Waals surface area contributed by atoms with Gasteiger partial charge in [0.1, 0.15) is 5.75 Å². The zero-order valence-electron chi connectivity index (χ0n) is 17.4. The molecule has 4 rings (SSSR count). The minimum Gasteiger partial charge on any atom is -0.478 e. The normalized spacial score (nSPS) is 18.8. The molecule has 0 bridgehead atoms. The van der Waals surface area contributed by atoms with E-state index >= 15 is 0 Å². The molecule has 9 heteroatoms. The molecule has 2 heterocycles. The van der Waals surface area contributed by atoms with Crippen LogP contribution in [0.3, 0.4) is 0 Å². The third-order valence-electron chi connectivity index (χ3n) is 5.56. The Kier molecular flexibility index (Phi) is 6.18. The van der Waals surface area contributed by atoms with Gasteiger partial charge in [0.25, 0.3) is 15.9 Å². The first-order valence-electron chi connectivity index (χ1n) is 10.4. The highest BCUT2D eigenvalue weighted by atomic mass is 32.2. The molecule has 1 amide bonds. The highest BCUT2D eigenvalue weighted by molar-refractivity contribution is 7.92. The Balaban J connectivity index is 1.64. The molecule has 2 aliphatic heterocycles. The summed E-state index contributed by atoms with van der Waals surface area (Å²) in [6.45, 7) is 1.19. The van der Waals surface area contributed by atoms with Crippen LogP contribution in [0.25, 0.3) is 6.08 Å². The van der Waals surface area contributed by atoms with Gasteiger partial charge in [0.2, 0.25) is 0 Å². The fraction of sp³-hybridized carbons (Fsp3) is 0.304. The molecule has 0 radical (unpaired) electrons. The second kappa shape index (κ2) is 9.04. The summed E-state index contributed by atoms with van der Waals surface area (Å²) in [5.41, 5.74) is 0.942. The number of ether oxygens (including phenoxy) is 1. The van der Waals surface area contributed by atoms with E-state index in [0.717, 1.165) is 25.3 Å². The van der Waals surface area contributed by atoms with Crippen molar-refractivity contribution < 1.29 is 27.9 Å². The summed E-state index contributed by atoms with van der Waals surface area (Å²) in [5, 5.41) is 8.75. The first-order valence-corrected chi connectivity index (χ1v) is 11.9. The van der Waals surface area contributed by atoms with Crippen molar-refractivity contribution in [2.24, 2.45) is 0 Å². The maximum absolute atomic E-state index is 13.5. The predicted molar refractivity (Wildman–Crippen MR) is 119 cm³/mol. The van der Waals surface area contributed by atoms with Gasteiger partial charge in [0.15, 0.2) is 6.10 Å². The molecule has 0 spiro atoms. The summed E-state index contributed by atoms with van der Waals surface area (Å²) in [6.07, 6.45) is 4.39. The lowest BCUT2D eigenvalue weighted by atomic mass is 10.1. The van der Waals surface area contributed by atoms with Crippen LogP contribution in [0.5, 0.6) is 5.75 Å². The van der Waals surface area contributed by atoms with Crippen LogP contribution in [0.15, 0.2) is 59.5 Å². The van der Waals surface area contributed by atoms with Crippen LogP contribution >= 0.6 is 0 Å². The number of hydrogen-bond donors (Lipinski definition) is 1. The van der Waals surface area contributed by atoms with Gasteiger partial charge in [-0.2, -0.15) is 0 Å². The number of fused-ring (bicyclic) bond motifs is 1. The average Bonchev–Trinajstić information content (AvgIpc) is 2.82. The molecule has 1 unspecified atom stereocenters. The molecule has 0 saturated carbocycles. The molecular weight excluding hydrogens is 432 g/mol. The molecular formula is C23H24N2O6S. The Hall–Kier alpha value is -3.33. The number of carboxylic acid groups (broad SMARTS) is 1. The minimum absolute atomic E-state index is 0.0471. The Labute approximate surface area is 186 Å². The van der Waals surface area contributed by atoms with Crippen molar-refractivity contribution in [1.82, 2.24) is 4.90 Å². The van der Waals surface area contributed by atoms with E-state index in [2.05, 4.69) is 0 Å². The number of carboxylic acids is 1. The average molecular weight is 457 g/mol. The number of sulfonamides is 1. The highest BCUT2D eigenvalue weighted by Gasteiger charge is 2.39. The van der Waals surface area contributed by atoms with Gasteiger partial charge in [-0.15, -0.1) is 0 Å². The van der Waals surface area contributed by atoms with Crippen molar-refractivity contribution in [3.63, 3.8) is 0 Å². The number of amides is 1. The monoisotopic (exact) mass is 456 g/mol. The van der Waals surface area contributed by atoms with E-state index in [1.54, 1.807) is 29.2 Å². The summed E-state index contributed by atoms with van der Waals surface area (Å²) in [6, 6.07) is 12.7. The van der Waals surface area contributed by atoms with Crippen LogP contribution in [0, 0.1) is 0 Å². The second-order valence-electron chi connectivity index (χ2n) is 7.74. The van der Waals surface area contributed by atoms with E-state index in [0.29, 0.717) is 30.1 Å². The lowest BCUT2D eigenvalue weighted by Gasteiger charge is -2.37. The van der Waals surface area contributed by atoms with Crippen LogP contribution in [0.1, 0.15) is 24.8 Å². The van der Waals surface area contributed by atoms with E-state index in [-0.39, 0.29) is 17.3 Å². The number of carbonyl (C=O) groups excluding carboxylic acids is 1. The standard InChI is InChI=1S/C23H24N2O6S/c26-22(27)13-10-17-8-11-18(12-9-17)32(29,30)25-16-21(23(28)24-14-4-1-5-15-24)31-20-7-3-2-6-19(20)25/h2-3,6-13,21H,1,4-5,14-16H2,(H,26,27)/b13-10+. The summed E-state index contributed by atoms with van der Waals surface area (Å²) < 4.78 is 34.2. The zero-order chi connectivity index (χ0) is 22.7. The number of rotatable bonds is 5. The third-order valence-corrected chi connectivity index (χ3v) is 7.36. The molecule has 2 aliphatic rings. The fourth-order valence-corrected chi connectivity index (χ4v) is 5.40. The van der Waals surface area contributed by atoms with Crippen LogP contribution in [0.2, 0.25) is 0 Å². The van der Waals surface area contributed by atoms with Gasteiger partial charge >= 0.3 is 5.97 Å². The molecule has 2 aromatic carbocycles. The van der Waals surface area contributed by atoms with Gasteiger partial charge in [-0.3, -0.25) is 9.10 Å². The highest BCUT2D eigenvalue weighted by Crippen LogP contribution is 2.37. The van der Waals surface area contributed by atoms with E-state index < -0.39 is 22.1 Å². The van der Waals surface area contributed by atoms with Crippen molar-refractivity contribution in [3.8, 4) is 5.75 Å². The number of hydrogen-bond acceptors (Lipinski definition) is 5. The van der Waals surface area contributed by atoms with Crippen molar-refractivity contribution in [2.75, 3.05) is 23.9 Å². The van der Waals surface area contributed by atoms with Gasteiger partial charge < -0.3 is 14.7 Å². The summed E-state index contributed by atoms with van der Waals surface area (Å²) in [5.74, 6) is -0.941. The first-order chi connectivity index (χ1) is 15.4. The van der Waals surface area contributed by atoms with Crippen molar-refractivity contribution in [1.29, 1.82) is 0 Å². The lowest BCUT2D eigenvalue weighted by molar-refractivity contribution is -0.139. The smallest absolute Gasteiger partial charge is 0.328 e. The number of aliphatic carboxylic acids is 1. The lowest BCUT2D eigenvalue weighted by Crippen LogP contribution is -2.52. The molecule has 1 atom stereocenters. The van der Waals surface area contributed by atoms with E-state index in [4.69, 9.17) is 9.84 Å². The van der Waals surface area contributed by atoms with Crippen LogP contribution in [0.4, 0.5) is 5.69 Å². The molecule has 1 N–H and O–H groups in total. The van der Waals surface area contributed by atoms with Crippen molar-refractivity contribution in [2.45, 2.75) is 30.3 Å². The van der Waals surface area contributed by atoms with E-state index in [1.807, 2.05) is 0 Å². The van der Waals surface area contributed by atoms with Gasteiger partial charge in [0.05, 0.1) is 17.1 Å². The Morgan fingerprint density at radius 1 is 1.00 bits per heavy atom. The summed E-state index contributed by atoms with van der Waals surface area (Å²) in [4.78, 5) is 25.6. The number of piperidine rings is 1. The van der Waals surface area contributed by atoms with E-state index in [1.165, 1.54) is 34.6 Å². The number of carbonyl (C=O) groups is 2. The number of likely N-dealkylation sites (tertiary alicyclic amines) is 1. The van der Waals surface area contributed by atoms with Crippen LogP contribution in [-0.4, -0.2) is 56.0 Å². The topological polar surface area (TPSA) is 104 Å². The molecule has 2 aromatic rings. The maximum atomic E-state index is 13.5. The molecule has 1 fully saturated rings. The Morgan fingerprint density at radius 3 is 2.38 bits per heavy atom. The number of nitrogens with zero attached hydrogens (tertiary/aromatic N) is 2. The molecule has 0 aliphatic carbocycles. The van der Waals surface area contributed by atoms with Crippen molar-refractivity contribution >= 4 is 33.7 Å². The molecule has 32 heavy (non-hydrogen) atoms. The number of benzene rings is 2. The maximum Gasteiger partial charge on any atom is 0.328 e. The van der Waals surface area contributed by atoms with Crippen LogP contribution < -0.4 is 9.04 Å². The second-order valence-corrected chi connectivity index (χ2v) is 9.60. The van der Waals surface area contributed by atoms with Gasteiger partial charge in [0, 0.05) is 19.2 Å². The number of para-hydroxylation sites is 2. The number of anilines is 1. The molecule has 0 aromatic heterocycles. The van der Waals surface area contributed by atoms with Gasteiger partial charge in [-0.05, 0) is 55.2 Å². The minimum atomic E-state index is -3.98. The van der Waals surface area contributed by atoms with Gasteiger partial charge in [-0.1, -0.05) is 24.3 Å². The predicted octanol–water partition coefficient (Wildman–Crippen LogP) is 2.75. The van der Waals surface area contributed by atoms with E-state index in [9.17, 15) is 18.0 Å². The fourth-order valence-electron chi connectivity index (χ4n) is 3.92. The molecule has 8 nitrogen and oxygen atoms in total. The molecule has 1 saturated heterocycles. The van der Waals surface area contributed by atoms with Crippen molar-refractivity contribution in [3.05, 3.63) is 60.2 Å². The zero-order valence-corrected chi connectivity index (χ0v) is 18.2. The summed E-state index contributed by atoms with van der Waals surface area (Å²) in [7, 11) is -3.98. The quantitative estimate of drug-likeness (QED) is 0.694. The SMILES string of the molecule is O=C(O)/C=C/c1ccc(S(=O)(=O)N2CC(C(=O)N3CCCCC3)Oc3ccccc32)cc1. The largest absolute Gasteiger partial charge is 0.478 e. The first kappa shape index (κ1) is 21.9. The van der Waals surface area contributed by atoms with Gasteiger partial charge in [-0.25, -0.2) is 13.2 Å². The Morgan fingerprint density at radius 2 is 1.69 bits per heavy atom. The summed E-state index contributed by atoms with van der Waals surface area (Å²) >= 11 is 0. The molecule has 168 valence electrons. The Bertz CT molecular complexity index is 1140.